The number of hydrogen-bond acceptors (Lipinski definition) is 4. The Bertz CT molecular complexity index is 635. The van der Waals surface area contributed by atoms with Gasteiger partial charge in [0.1, 0.15) is 5.69 Å². The maximum Gasteiger partial charge on any atom is 0.272 e. The molecule has 6 heteroatoms. The number of likely N-dealkylation sites (tertiary alicyclic amines) is 2. The van der Waals surface area contributed by atoms with Gasteiger partial charge in [0.15, 0.2) is 0 Å². The summed E-state index contributed by atoms with van der Waals surface area (Å²) < 4.78 is 5.68. The summed E-state index contributed by atoms with van der Waals surface area (Å²) in [5.41, 5.74) is 0.539. The zero-order valence-electron chi connectivity index (χ0n) is 14.5. The molecule has 0 radical (unpaired) electrons. The van der Waals surface area contributed by atoms with Crippen molar-refractivity contribution in [3.8, 4) is 0 Å². The van der Waals surface area contributed by atoms with Gasteiger partial charge in [0.05, 0.1) is 6.10 Å². The third-order valence-corrected chi connectivity index (χ3v) is 5.85. The van der Waals surface area contributed by atoms with Crippen LogP contribution in [0.15, 0.2) is 24.4 Å². The van der Waals surface area contributed by atoms with E-state index in [1.807, 2.05) is 21.9 Å². The molecule has 25 heavy (non-hydrogen) atoms. The predicted molar refractivity (Wildman–Crippen MR) is 92.0 cm³/mol. The lowest BCUT2D eigenvalue weighted by molar-refractivity contribution is -0.129. The van der Waals surface area contributed by atoms with Crippen LogP contribution in [0.5, 0.6) is 0 Å². The Balaban J connectivity index is 1.35. The number of pyridine rings is 1. The van der Waals surface area contributed by atoms with Gasteiger partial charge in [0, 0.05) is 50.8 Å². The lowest BCUT2D eigenvalue weighted by Crippen LogP contribution is -2.44. The molecule has 6 nitrogen and oxygen atoms in total. The van der Waals surface area contributed by atoms with Gasteiger partial charge in [0.25, 0.3) is 5.91 Å². The van der Waals surface area contributed by atoms with Gasteiger partial charge in [-0.05, 0) is 37.8 Å². The lowest BCUT2D eigenvalue weighted by atomic mass is 9.77. The van der Waals surface area contributed by atoms with Crippen LogP contribution < -0.4 is 0 Å². The van der Waals surface area contributed by atoms with Crippen LogP contribution in [-0.4, -0.2) is 65.5 Å². The highest BCUT2D eigenvalue weighted by atomic mass is 16.5. The first kappa shape index (κ1) is 16.5. The van der Waals surface area contributed by atoms with Crippen molar-refractivity contribution in [3.63, 3.8) is 0 Å². The second-order valence-corrected chi connectivity index (χ2v) is 7.59. The average molecular weight is 343 g/mol. The van der Waals surface area contributed by atoms with Crippen LogP contribution >= 0.6 is 0 Å². The SMILES string of the molecule is O=C1CC2(CCN(C(=O)c3ccccn3)CC2)CN1CC1CCCO1. The Hall–Kier alpha value is -1.95. The number of piperidine rings is 1. The second kappa shape index (κ2) is 6.75. The van der Waals surface area contributed by atoms with E-state index in [-0.39, 0.29) is 23.3 Å². The zero-order valence-corrected chi connectivity index (χ0v) is 14.5. The van der Waals surface area contributed by atoms with Crippen molar-refractivity contribution < 1.29 is 14.3 Å². The molecule has 0 aromatic carbocycles. The molecule has 4 heterocycles. The van der Waals surface area contributed by atoms with E-state index in [1.54, 1.807) is 12.3 Å². The van der Waals surface area contributed by atoms with Crippen LogP contribution in [0.25, 0.3) is 0 Å². The Morgan fingerprint density at radius 1 is 1.32 bits per heavy atom. The summed E-state index contributed by atoms with van der Waals surface area (Å²) in [6.07, 6.45) is 6.41. The van der Waals surface area contributed by atoms with E-state index < -0.39 is 0 Å². The molecule has 1 atom stereocenters. The van der Waals surface area contributed by atoms with Crippen LogP contribution in [0.3, 0.4) is 0 Å². The van der Waals surface area contributed by atoms with Crippen molar-refractivity contribution in [2.75, 3.05) is 32.8 Å². The van der Waals surface area contributed by atoms with Crippen LogP contribution in [0.1, 0.15) is 42.6 Å². The molecular formula is C19H25N3O3. The number of nitrogens with zero attached hydrogens (tertiary/aromatic N) is 3. The molecule has 1 aromatic heterocycles. The molecule has 0 aliphatic carbocycles. The Morgan fingerprint density at radius 2 is 2.16 bits per heavy atom. The van der Waals surface area contributed by atoms with E-state index in [2.05, 4.69) is 4.98 Å². The number of carbonyl (C=O) groups excluding carboxylic acids is 2. The van der Waals surface area contributed by atoms with Gasteiger partial charge in [-0.25, -0.2) is 0 Å². The van der Waals surface area contributed by atoms with Crippen LogP contribution in [-0.2, 0) is 9.53 Å². The minimum absolute atomic E-state index is 0.00372. The van der Waals surface area contributed by atoms with Gasteiger partial charge in [-0.3, -0.25) is 14.6 Å². The fourth-order valence-corrected chi connectivity index (χ4v) is 4.35. The van der Waals surface area contributed by atoms with Gasteiger partial charge >= 0.3 is 0 Å². The number of hydrogen-bond donors (Lipinski definition) is 0. The van der Waals surface area contributed by atoms with Crippen molar-refractivity contribution in [3.05, 3.63) is 30.1 Å². The molecule has 0 N–H and O–H groups in total. The summed E-state index contributed by atoms with van der Waals surface area (Å²) in [5, 5.41) is 0. The Kier molecular flexibility index (Phi) is 4.46. The largest absolute Gasteiger partial charge is 0.376 e. The van der Waals surface area contributed by atoms with Gasteiger partial charge < -0.3 is 14.5 Å². The Labute approximate surface area is 148 Å². The molecular weight excluding hydrogens is 318 g/mol. The molecule has 2 amide bonds. The van der Waals surface area contributed by atoms with E-state index in [1.165, 1.54) is 0 Å². The third-order valence-electron chi connectivity index (χ3n) is 5.85. The normalized spacial score (nSPS) is 25.8. The minimum Gasteiger partial charge on any atom is -0.376 e. The molecule has 1 unspecified atom stereocenters. The quantitative estimate of drug-likeness (QED) is 0.838. The van der Waals surface area contributed by atoms with Crippen LogP contribution in [0, 0.1) is 5.41 Å². The number of aromatic nitrogens is 1. The standard InChI is InChI=1S/C19H25N3O3/c23-17-12-19(14-22(17)13-15-4-3-11-25-15)6-9-21(10-7-19)18(24)16-5-1-2-8-20-16/h1-2,5,8,15H,3-4,6-7,9-14H2. The lowest BCUT2D eigenvalue weighted by Gasteiger charge is -2.38. The van der Waals surface area contributed by atoms with Crippen molar-refractivity contribution >= 4 is 11.8 Å². The Morgan fingerprint density at radius 3 is 2.84 bits per heavy atom. The summed E-state index contributed by atoms with van der Waals surface area (Å²) in [4.78, 5) is 33.0. The number of carbonyl (C=O) groups is 2. The molecule has 0 bridgehead atoms. The van der Waals surface area contributed by atoms with Crippen LogP contribution in [0.2, 0.25) is 0 Å². The summed E-state index contributed by atoms with van der Waals surface area (Å²) in [7, 11) is 0. The molecule has 3 saturated heterocycles. The molecule has 1 spiro atoms. The summed E-state index contributed by atoms with van der Waals surface area (Å²) >= 11 is 0. The van der Waals surface area contributed by atoms with Crippen molar-refractivity contribution in [1.82, 2.24) is 14.8 Å². The van der Waals surface area contributed by atoms with E-state index in [0.29, 0.717) is 25.2 Å². The fraction of sp³-hybridized carbons (Fsp3) is 0.632. The van der Waals surface area contributed by atoms with Gasteiger partial charge in [-0.15, -0.1) is 0 Å². The first-order chi connectivity index (χ1) is 12.2. The molecule has 3 aliphatic heterocycles. The first-order valence-electron chi connectivity index (χ1n) is 9.25. The predicted octanol–water partition coefficient (Wildman–Crippen LogP) is 1.72. The highest BCUT2D eigenvalue weighted by Gasteiger charge is 2.46. The number of ether oxygens (including phenoxy) is 1. The van der Waals surface area contributed by atoms with E-state index in [9.17, 15) is 9.59 Å². The maximum absolute atomic E-state index is 12.5. The fourth-order valence-electron chi connectivity index (χ4n) is 4.35. The summed E-state index contributed by atoms with van der Waals surface area (Å²) in [5.74, 6) is 0.246. The molecule has 3 fully saturated rings. The first-order valence-corrected chi connectivity index (χ1v) is 9.25. The maximum atomic E-state index is 12.5. The van der Waals surface area contributed by atoms with Crippen molar-refractivity contribution in [2.45, 2.75) is 38.2 Å². The number of rotatable bonds is 3. The molecule has 1 aromatic rings. The summed E-state index contributed by atoms with van der Waals surface area (Å²) in [6.45, 7) is 3.78. The zero-order chi connectivity index (χ0) is 17.3. The topological polar surface area (TPSA) is 62.7 Å². The average Bonchev–Trinajstić information content (AvgIpc) is 3.25. The van der Waals surface area contributed by atoms with Crippen molar-refractivity contribution in [1.29, 1.82) is 0 Å². The molecule has 3 aliphatic rings. The van der Waals surface area contributed by atoms with Gasteiger partial charge in [0.2, 0.25) is 5.91 Å². The smallest absolute Gasteiger partial charge is 0.272 e. The van der Waals surface area contributed by atoms with E-state index in [0.717, 1.165) is 45.4 Å². The number of amides is 2. The highest BCUT2D eigenvalue weighted by Crippen LogP contribution is 2.41. The molecule has 134 valence electrons. The monoisotopic (exact) mass is 343 g/mol. The second-order valence-electron chi connectivity index (χ2n) is 7.59. The highest BCUT2D eigenvalue weighted by molar-refractivity contribution is 5.92. The van der Waals surface area contributed by atoms with Gasteiger partial charge in [-0.1, -0.05) is 6.07 Å². The van der Waals surface area contributed by atoms with Crippen LogP contribution in [0.4, 0.5) is 0 Å². The summed E-state index contributed by atoms with van der Waals surface area (Å²) in [6, 6.07) is 5.41. The van der Waals surface area contributed by atoms with Crippen molar-refractivity contribution in [2.24, 2.45) is 5.41 Å². The van der Waals surface area contributed by atoms with E-state index in [4.69, 9.17) is 4.74 Å². The molecule has 4 rings (SSSR count). The van der Waals surface area contributed by atoms with Gasteiger partial charge in [-0.2, -0.15) is 0 Å². The molecule has 0 saturated carbocycles. The minimum atomic E-state index is -0.00372. The van der Waals surface area contributed by atoms with E-state index >= 15 is 0 Å². The third kappa shape index (κ3) is 3.40.